The predicted molar refractivity (Wildman–Crippen MR) is 152 cm³/mol. The molecule has 0 radical (unpaired) electrons. The van der Waals surface area contributed by atoms with Crippen LogP contribution in [-0.2, 0) is 11.2 Å². The van der Waals surface area contributed by atoms with E-state index in [9.17, 15) is 9.90 Å². The Labute approximate surface area is 216 Å². The van der Waals surface area contributed by atoms with E-state index in [0.29, 0.717) is 18.9 Å². The van der Waals surface area contributed by atoms with Crippen LogP contribution >= 0.6 is 0 Å². The van der Waals surface area contributed by atoms with Gasteiger partial charge in [-0.15, -0.1) is 0 Å². The molecule has 0 heterocycles. The number of ether oxygens (including phenoxy) is 1. The summed E-state index contributed by atoms with van der Waals surface area (Å²) in [5.74, 6) is 0.566. The van der Waals surface area contributed by atoms with Crippen LogP contribution in [0.25, 0.3) is 24.3 Å². The topological polar surface area (TPSA) is 46.5 Å². The molecule has 0 aliphatic rings. The fourth-order valence-electron chi connectivity index (χ4n) is 4.15. The van der Waals surface area contributed by atoms with E-state index in [4.69, 9.17) is 4.74 Å². The summed E-state index contributed by atoms with van der Waals surface area (Å²) in [6, 6.07) is 24.5. The summed E-state index contributed by atoms with van der Waals surface area (Å²) in [6.45, 7) is 5.12. The van der Waals surface area contributed by atoms with E-state index < -0.39 is 5.97 Å². The Kier molecular flexibility index (Phi) is 11.0. The van der Waals surface area contributed by atoms with Crippen molar-refractivity contribution in [2.45, 2.75) is 52.4 Å². The zero-order valence-electron chi connectivity index (χ0n) is 21.5. The van der Waals surface area contributed by atoms with Crippen LogP contribution < -0.4 is 4.74 Å². The first-order valence-corrected chi connectivity index (χ1v) is 13.1. The summed E-state index contributed by atoms with van der Waals surface area (Å²) >= 11 is 0. The Hall–Kier alpha value is -3.59. The third-order valence-corrected chi connectivity index (χ3v) is 6.35. The lowest BCUT2D eigenvalue weighted by atomic mass is 9.98. The number of carboxylic acid groups (broad SMARTS) is 1. The smallest absolute Gasteiger partial charge is 0.303 e. The van der Waals surface area contributed by atoms with Crippen molar-refractivity contribution in [1.82, 2.24) is 0 Å². The number of hydrogen-bond acceptors (Lipinski definition) is 2. The van der Waals surface area contributed by atoms with Crippen LogP contribution in [0.15, 0.2) is 72.8 Å². The van der Waals surface area contributed by atoms with Gasteiger partial charge < -0.3 is 9.84 Å². The van der Waals surface area contributed by atoms with Crippen LogP contribution in [0.2, 0.25) is 0 Å². The molecule has 0 aliphatic carbocycles. The van der Waals surface area contributed by atoms with Crippen LogP contribution in [0.5, 0.6) is 5.75 Å². The van der Waals surface area contributed by atoms with E-state index in [1.807, 2.05) is 36.4 Å². The lowest BCUT2D eigenvalue weighted by Gasteiger charge is -2.19. The van der Waals surface area contributed by atoms with Crippen LogP contribution in [-0.4, -0.2) is 17.7 Å². The highest BCUT2D eigenvalue weighted by atomic mass is 16.5. The zero-order chi connectivity index (χ0) is 25.6. The summed E-state index contributed by atoms with van der Waals surface area (Å²) in [7, 11) is 0. The van der Waals surface area contributed by atoms with Gasteiger partial charge in [0.25, 0.3) is 0 Å². The zero-order valence-corrected chi connectivity index (χ0v) is 21.5. The van der Waals surface area contributed by atoms with Crippen LogP contribution in [0, 0.1) is 5.92 Å². The first kappa shape index (κ1) is 27.0. The van der Waals surface area contributed by atoms with Crippen molar-refractivity contribution in [2.24, 2.45) is 5.92 Å². The normalized spacial score (nSPS) is 12.3. The van der Waals surface area contributed by atoms with Gasteiger partial charge in [-0.3, -0.25) is 4.79 Å². The Morgan fingerprint density at radius 1 is 0.861 bits per heavy atom. The van der Waals surface area contributed by atoms with Gasteiger partial charge in [-0.05, 0) is 47.6 Å². The van der Waals surface area contributed by atoms with Crippen molar-refractivity contribution in [3.63, 3.8) is 0 Å². The molecule has 1 atom stereocenters. The molecule has 0 aromatic heterocycles. The number of aliphatic carboxylic acids is 1. The van der Waals surface area contributed by atoms with Gasteiger partial charge in [-0.1, -0.05) is 118 Å². The average molecular weight is 483 g/mol. The first-order chi connectivity index (χ1) is 17.6. The van der Waals surface area contributed by atoms with E-state index in [1.165, 1.54) is 12.8 Å². The summed E-state index contributed by atoms with van der Waals surface area (Å²) < 4.78 is 6.56. The molecular formula is C33H38O3. The molecule has 0 bridgehead atoms. The van der Waals surface area contributed by atoms with Gasteiger partial charge in [-0.25, -0.2) is 0 Å². The molecule has 3 nitrogen and oxygen atoms in total. The van der Waals surface area contributed by atoms with E-state index in [1.54, 1.807) is 0 Å². The molecule has 0 aliphatic heterocycles. The molecule has 3 aromatic carbocycles. The molecule has 36 heavy (non-hydrogen) atoms. The second-order valence-electron chi connectivity index (χ2n) is 9.21. The Bertz CT molecular complexity index is 1060. The van der Waals surface area contributed by atoms with Gasteiger partial charge in [0, 0.05) is 17.5 Å². The number of rotatable bonds is 14. The number of carbonyl (C=O) groups is 1. The van der Waals surface area contributed by atoms with Crippen LogP contribution in [0.4, 0.5) is 0 Å². The molecule has 188 valence electrons. The number of hydrogen-bond donors (Lipinski definition) is 1. The van der Waals surface area contributed by atoms with Gasteiger partial charge in [0.2, 0.25) is 0 Å². The highest BCUT2D eigenvalue weighted by Crippen LogP contribution is 2.32. The molecule has 3 heteroatoms. The second-order valence-corrected chi connectivity index (χ2v) is 9.21. The molecule has 0 fully saturated rings. The minimum absolute atomic E-state index is 0.0960. The first-order valence-electron chi connectivity index (χ1n) is 13.1. The monoisotopic (exact) mass is 482 g/mol. The quantitative estimate of drug-likeness (QED) is 0.234. The minimum Gasteiger partial charge on any atom is -0.492 e. The molecule has 3 aromatic rings. The fraction of sp³-hybridized carbons (Fsp3) is 0.303. The third-order valence-electron chi connectivity index (χ3n) is 6.35. The largest absolute Gasteiger partial charge is 0.492 e. The molecule has 1 unspecified atom stereocenters. The molecular weight excluding hydrogens is 444 g/mol. The molecule has 0 saturated carbocycles. The van der Waals surface area contributed by atoms with E-state index in [-0.39, 0.29) is 6.42 Å². The molecule has 1 N–H and O–H groups in total. The molecule has 0 spiro atoms. The summed E-state index contributed by atoms with van der Waals surface area (Å²) in [4.78, 5) is 11.3. The Morgan fingerprint density at radius 3 is 1.89 bits per heavy atom. The average Bonchev–Trinajstić information content (AvgIpc) is 2.91. The van der Waals surface area contributed by atoms with Crippen molar-refractivity contribution < 1.29 is 14.6 Å². The number of unbranched alkanes of at least 4 members (excludes halogenated alkanes) is 1. The fourth-order valence-corrected chi connectivity index (χ4v) is 4.15. The summed E-state index contributed by atoms with van der Waals surface area (Å²) in [6.07, 6.45) is 13.5. The number of benzene rings is 3. The van der Waals surface area contributed by atoms with Crippen molar-refractivity contribution in [2.75, 3.05) is 6.61 Å². The van der Waals surface area contributed by atoms with E-state index >= 15 is 0 Å². The van der Waals surface area contributed by atoms with Gasteiger partial charge >= 0.3 is 5.97 Å². The maximum Gasteiger partial charge on any atom is 0.303 e. The minimum atomic E-state index is -0.792. The Balaban J connectivity index is 2.02. The van der Waals surface area contributed by atoms with Gasteiger partial charge in [0.1, 0.15) is 5.75 Å². The lowest BCUT2D eigenvalue weighted by Crippen LogP contribution is -2.12. The maximum atomic E-state index is 11.3. The third kappa shape index (κ3) is 8.88. The van der Waals surface area contributed by atoms with Gasteiger partial charge in [-0.2, -0.15) is 0 Å². The number of carboxylic acids is 1. The summed E-state index contributed by atoms with van der Waals surface area (Å²) in [5, 5.41) is 9.26. The second kappa shape index (κ2) is 14.7. The van der Waals surface area contributed by atoms with Crippen molar-refractivity contribution in [3.8, 4) is 5.75 Å². The molecule has 3 rings (SSSR count). The lowest BCUT2D eigenvalue weighted by molar-refractivity contribution is -0.136. The van der Waals surface area contributed by atoms with Crippen molar-refractivity contribution >= 4 is 30.3 Å². The standard InChI is InChI=1S/C33H38O3/c1-3-5-12-26(4-2)25-36-33-30(20-17-27-13-8-6-9-14-27)23-29(19-22-32(34)35)24-31(33)21-18-28-15-10-7-11-16-28/h6-11,13-18,20-21,23-24,26H,3-5,12,19,22,25H2,1-2H3,(H,34,35)/b20-17+,21-18+. The van der Waals surface area contributed by atoms with E-state index in [2.05, 4.69) is 74.5 Å². The highest BCUT2D eigenvalue weighted by molar-refractivity contribution is 5.80. The van der Waals surface area contributed by atoms with Gasteiger partial charge in [0.15, 0.2) is 0 Å². The van der Waals surface area contributed by atoms with Crippen LogP contribution in [0.3, 0.4) is 0 Å². The van der Waals surface area contributed by atoms with Gasteiger partial charge in [0.05, 0.1) is 6.61 Å². The van der Waals surface area contributed by atoms with Crippen molar-refractivity contribution in [3.05, 3.63) is 101 Å². The number of aryl methyl sites for hydroxylation is 1. The predicted octanol–water partition coefficient (Wildman–Crippen LogP) is 8.64. The highest BCUT2D eigenvalue weighted by Gasteiger charge is 2.14. The summed E-state index contributed by atoms with van der Waals surface area (Å²) in [5.41, 5.74) is 5.15. The Morgan fingerprint density at radius 2 is 1.42 bits per heavy atom. The molecule has 0 saturated heterocycles. The van der Waals surface area contributed by atoms with Crippen LogP contribution in [0.1, 0.15) is 73.8 Å². The van der Waals surface area contributed by atoms with Crippen molar-refractivity contribution in [1.29, 1.82) is 0 Å². The molecule has 0 amide bonds. The maximum absolute atomic E-state index is 11.3. The SMILES string of the molecule is CCCCC(CC)COc1c(/C=C/c2ccccc2)cc(CCC(=O)O)cc1/C=C/c1ccccc1. The van der Waals surface area contributed by atoms with E-state index in [0.717, 1.165) is 46.4 Å².